The van der Waals surface area contributed by atoms with E-state index in [1.807, 2.05) is 11.9 Å². The van der Waals surface area contributed by atoms with Crippen molar-refractivity contribution < 1.29 is 9.84 Å². The topological polar surface area (TPSA) is 71.4 Å². The van der Waals surface area contributed by atoms with Crippen LogP contribution in [0, 0.1) is 0 Å². The van der Waals surface area contributed by atoms with Crippen molar-refractivity contribution in [2.24, 2.45) is 0 Å². The lowest BCUT2D eigenvalue weighted by atomic mass is 9.94. The van der Waals surface area contributed by atoms with E-state index in [0.29, 0.717) is 38.5 Å². The molecule has 0 aliphatic carbocycles. The minimum absolute atomic E-state index is 0.507. The first-order chi connectivity index (χ1) is 9.58. The van der Waals surface area contributed by atoms with Gasteiger partial charge in [0.25, 0.3) is 0 Å². The Bertz CT molecular complexity index is 447. The third-order valence-electron chi connectivity index (χ3n) is 3.79. The fourth-order valence-electron chi connectivity index (χ4n) is 2.51. The molecule has 0 unspecified atom stereocenters. The van der Waals surface area contributed by atoms with Gasteiger partial charge in [0, 0.05) is 39.6 Å². The van der Waals surface area contributed by atoms with E-state index in [-0.39, 0.29) is 0 Å². The first-order valence-electron chi connectivity index (χ1n) is 7.31. The molecule has 2 heterocycles. The number of nitrogens with zero attached hydrogens (tertiary/aromatic N) is 4. The van der Waals surface area contributed by atoms with Gasteiger partial charge in [0.2, 0.25) is 5.95 Å². The van der Waals surface area contributed by atoms with Crippen LogP contribution in [-0.2, 0) is 17.6 Å². The van der Waals surface area contributed by atoms with Gasteiger partial charge < -0.3 is 14.7 Å². The predicted molar refractivity (Wildman–Crippen MR) is 76.9 cm³/mol. The van der Waals surface area contributed by atoms with Crippen molar-refractivity contribution >= 4 is 5.95 Å². The van der Waals surface area contributed by atoms with Crippen LogP contribution in [0.4, 0.5) is 5.95 Å². The summed E-state index contributed by atoms with van der Waals surface area (Å²) in [6, 6.07) is 0. The van der Waals surface area contributed by atoms with E-state index in [9.17, 15) is 5.11 Å². The zero-order valence-corrected chi connectivity index (χ0v) is 12.6. The summed E-state index contributed by atoms with van der Waals surface area (Å²) in [6.07, 6.45) is 2.99. The molecular formula is C14H24N4O2. The monoisotopic (exact) mass is 280 g/mol. The van der Waals surface area contributed by atoms with Gasteiger partial charge >= 0.3 is 0 Å². The molecule has 0 bridgehead atoms. The van der Waals surface area contributed by atoms with Gasteiger partial charge in [-0.15, -0.1) is 5.10 Å². The first kappa shape index (κ1) is 15.1. The minimum Gasteiger partial charge on any atom is -0.388 e. The van der Waals surface area contributed by atoms with Crippen molar-refractivity contribution in [2.45, 2.75) is 45.1 Å². The van der Waals surface area contributed by atoms with Crippen LogP contribution in [0.25, 0.3) is 0 Å². The number of rotatable bonds is 5. The van der Waals surface area contributed by atoms with E-state index in [1.54, 1.807) is 0 Å². The van der Waals surface area contributed by atoms with Gasteiger partial charge in [-0.05, 0) is 12.8 Å². The molecule has 1 N–H and O–H groups in total. The summed E-state index contributed by atoms with van der Waals surface area (Å²) in [4.78, 5) is 6.45. The Morgan fingerprint density at radius 2 is 1.80 bits per heavy atom. The average molecular weight is 280 g/mol. The van der Waals surface area contributed by atoms with Gasteiger partial charge in [0.05, 0.1) is 17.0 Å². The average Bonchev–Trinajstić information content (AvgIpc) is 2.46. The maximum atomic E-state index is 10.5. The summed E-state index contributed by atoms with van der Waals surface area (Å²) in [5, 5.41) is 19.0. The summed E-state index contributed by atoms with van der Waals surface area (Å²) in [6.45, 7) is 5.85. The third-order valence-corrected chi connectivity index (χ3v) is 3.79. The fraction of sp³-hybridized carbons (Fsp3) is 0.786. The van der Waals surface area contributed by atoms with Crippen LogP contribution >= 0.6 is 0 Å². The molecule has 1 aliphatic rings. The van der Waals surface area contributed by atoms with Gasteiger partial charge in [-0.3, -0.25) is 0 Å². The molecule has 1 fully saturated rings. The number of ether oxygens (including phenoxy) is 1. The van der Waals surface area contributed by atoms with Crippen LogP contribution in [0.15, 0.2) is 0 Å². The molecule has 112 valence electrons. The molecule has 1 aromatic rings. The largest absolute Gasteiger partial charge is 0.388 e. The van der Waals surface area contributed by atoms with Crippen LogP contribution in [0.3, 0.4) is 0 Å². The molecule has 20 heavy (non-hydrogen) atoms. The van der Waals surface area contributed by atoms with E-state index in [1.165, 1.54) is 0 Å². The second-order valence-corrected chi connectivity index (χ2v) is 5.41. The van der Waals surface area contributed by atoms with E-state index in [4.69, 9.17) is 4.74 Å². The molecule has 1 aliphatic heterocycles. The van der Waals surface area contributed by atoms with Crippen molar-refractivity contribution in [3.05, 3.63) is 11.4 Å². The Labute approximate surface area is 120 Å². The quantitative estimate of drug-likeness (QED) is 0.866. The van der Waals surface area contributed by atoms with Crippen molar-refractivity contribution in [3.8, 4) is 0 Å². The number of likely N-dealkylation sites (N-methyl/N-ethyl adjacent to an activating group) is 1. The van der Waals surface area contributed by atoms with Gasteiger partial charge in [0.1, 0.15) is 0 Å². The van der Waals surface area contributed by atoms with E-state index < -0.39 is 5.60 Å². The zero-order valence-electron chi connectivity index (χ0n) is 12.6. The summed E-state index contributed by atoms with van der Waals surface area (Å²) in [7, 11) is 1.90. The highest BCUT2D eigenvalue weighted by atomic mass is 16.5. The number of hydrogen-bond donors (Lipinski definition) is 1. The third kappa shape index (κ3) is 3.43. The molecule has 1 aromatic heterocycles. The molecule has 1 saturated heterocycles. The maximum absolute atomic E-state index is 10.5. The SMILES string of the molecule is CCc1nnc(N(C)CC2(O)CCOCC2)nc1CC. The molecule has 6 nitrogen and oxygen atoms in total. The highest BCUT2D eigenvalue weighted by molar-refractivity contribution is 5.30. The zero-order chi connectivity index (χ0) is 14.6. The van der Waals surface area contributed by atoms with Gasteiger partial charge in [-0.1, -0.05) is 13.8 Å². The molecule has 0 spiro atoms. The number of aromatic nitrogens is 3. The molecular weight excluding hydrogens is 256 g/mol. The standard InChI is InChI=1S/C14H24N4O2/c1-4-11-12(5-2)16-17-13(15-11)18(3)10-14(19)6-8-20-9-7-14/h19H,4-10H2,1-3H3. The second kappa shape index (κ2) is 6.45. The van der Waals surface area contributed by atoms with Crippen LogP contribution < -0.4 is 4.90 Å². The summed E-state index contributed by atoms with van der Waals surface area (Å²) >= 11 is 0. The molecule has 6 heteroatoms. The number of aryl methyl sites for hydroxylation is 2. The Morgan fingerprint density at radius 1 is 1.15 bits per heavy atom. The lowest BCUT2D eigenvalue weighted by molar-refractivity contribution is -0.0574. The minimum atomic E-state index is -0.716. The lowest BCUT2D eigenvalue weighted by Crippen LogP contribution is -2.46. The maximum Gasteiger partial charge on any atom is 0.245 e. The smallest absolute Gasteiger partial charge is 0.245 e. The van der Waals surface area contributed by atoms with Gasteiger partial charge in [-0.2, -0.15) is 5.10 Å². The molecule has 0 saturated carbocycles. The van der Waals surface area contributed by atoms with E-state index >= 15 is 0 Å². The van der Waals surface area contributed by atoms with Crippen molar-refractivity contribution in [1.82, 2.24) is 15.2 Å². The van der Waals surface area contributed by atoms with Crippen LogP contribution in [0.1, 0.15) is 38.1 Å². The van der Waals surface area contributed by atoms with Crippen molar-refractivity contribution in [1.29, 1.82) is 0 Å². The van der Waals surface area contributed by atoms with Crippen molar-refractivity contribution in [3.63, 3.8) is 0 Å². The molecule has 0 atom stereocenters. The fourth-order valence-corrected chi connectivity index (χ4v) is 2.51. The Balaban J connectivity index is 2.10. The van der Waals surface area contributed by atoms with Crippen LogP contribution in [0.5, 0.6) is 0 Å². The number of anilines is 1. The molecule has 0 aromatic carbocycles. The number of aliphatic hydroxyl groups is 1. The van der Waals surface area contributed by atoms with Gasteiger partial charge in [0.15, 0.2) is 0 Å². The highest BCUT2D eigenvalue weighted by Gasteiger charge is 2.31. The summed E-state index contributed by atoms with van der Waals surface area (Å²) < 4.78 is 5.30. The molecule has 2 rings (SSSR count). The normalized spacial score (nSPS) is 18.0. The van der Waals surface area contributed by atoms with Gasteiger partial charge in [-0.25, -0.2) is 4.98 Å². The first-order valence-corrected chi connectivity index (χ1v) is 7.31. The van der Waals surface area contributed by atoms with Crippen LogP contribution in [0.2, 0.25) is 0 Å². The lowest BCUT2D eigenvalue weighted by Gasteiger charge is -2.35. The number of hydrogen-bond acceptors (Lipinski definition) is 6. The summed E-state index contributed by atoms with van der Waals surface area (Å²) in [5.74, 6) is 0.582. The van der Waals surface area contributed by atoms with E-state index in [0.717, 1.165) is 24.2 Å². The Hall–Kier alpha value is -1.27. The molecule has 0 amide bonds. The summed E-state index contributed by atoms with van der Waals surface area (Å²) in [5.41, 5.74) is 1.23. The highest BCUT2D eigenvalue weighted by Crippen LogP contribution is 2.22. The van der Waals surface area contributed by atoms with E-state index in [2.05, 4.69) is 29.0 Å². The Kier molecular flexibility index (Phi) is 4.88. The van der Waals surface area contributed by atoms with Crippen LogP contribution in [-0.4, -0.2) is 52.7 Å². The Morgan fingerprint density at radius 3 is 2.40 bits per heavy atom. The predicted octanol–water partition coefficient (Wildman–Crippen LogP) is 0.974. The van der Waals surface area contributed by atoms with Crippen molar-refractivity contribution in [2.75, 3.05) is 31.7 Å². The second-order valence-electron chi connectivity index (χ2n) is 5.41. The molecule has 0 radical (unpaired) electrons.